The maximum absolute atomic E-state index is 11.8. The molecule has 0 aliphatic carbocycles. The highest BCUT2D eigenvalue weighted by molar-refractivity contribution is 5.66. The second kappa shape index (κ2) is 4.85. The van der Waals surface area contributed by atoms with E-state index < -0.39 is 0 Å². The van der Waals surface area contributed by atoms with Crippen molar-refractivity contribution in [2.45, 2.75) is 13.0 Å². The first-order valence-electron chi connectivity index (χ1n) is 6.40. The highest BCUT2D eigenvalue weighted by Gasteiger charge is 2.18. The fraction of sp³-hybridized carbons (Fsp3) is 0.200. The van der Waals surface area contributed by atoms with E-state index in [0.29, 0.717) is 18.8 Å². The van der Waals surface area contributed by atoms with Crippen molar-refractivity contribution in [3.05, 3.63) is 63.3 Å². The van der Waals surface area contributed by atoms with Crippen LogP contribution in [0.5, 0.6) is 5.75 Å². The Bertz CT molecular complexity index is 786. The Morgan fingerprint density at radius 1 is 1.35 bits per heavy atom. The average Bonchev–Trinajstić information content (AvgIpc) is 2.44. The second-order valence-electron chi connectivity index (χ2n) is 4.64. The minimum absolute atomic E-state index is 0.356. The van der Waals surface area contributed by atoms with E-state index in [1.165, 1.54) is 6.07 Å². The quantitative estimate of drug-likeness (QED) is 0.856. The van der Waals surface area contributed by atoms with E-state index in [4.69, 9.17) is 4.74 Å². The number of hydrogen-bond donors (Lipinski definition) is 1. The van der Waals surface area contributed by atoms with Gasteiger partial charge in [0, 0.05) is 18.2 Å². The van der Waals surface area contributed by atoms with Gasteiger partial charge in [-0.25, -0.2) is 4.79 Å². The minimum atomic E-state index is -0.374. The van der Waals surface area contributed by atoms with Gasteiger partial charge < -0.3 is 4.74 Å². The summed E-state index contributed by atoms with van der Waals surface area (Å²) in [6.07, 6.45) is 2.42. The van der Waals surface area contributed by atoms with E-state index in [0.717, 1.165) is 23.3 Å². The maximum atomic E-state index is 11.8. The third-order valence-electron chi connectivity index (χ3n) is 3.36. The lowest BCUT2D eigenvalue weighted by Gasteiger charge is -2.21. The van der Waals surface area contributed by atoms with Crippen molar-refractivity contribution < 1.29 is 4.74 Å². The number of ether oxygens (including phenoxy) is 1. The molecule has 2 heterocycles. The molecule has 102 valence electrons. The zero-order valence-electron chi connectivity index (χ0n) is 10.9. The van der Waals surface area contributed by atoms with Crippen molar-refractivity contribution in [3.8, 4) is 17.0 Å². The summed E-state index contributed by atoms with van der Waals surface area (Å²) in [5.41, 5.74) is 1.92. The Kier molecular flexibility index (Phi) is 3.02. The van der Waals surface area contributed by atoms with E-state index in [9.17, 15) is 9.59 Å². The van der Waals surface area contributed by atoms with Gasteiger partial charge in [-0.05, 0) is 30.2 Å². The van der Waals surface area contributed by atoms with Crippen LogP contribution in [0.1, 0.15) is 5.56 Å². The van der Waals surface area contributed by atoms with Crippen LogP contribution in [-0.2, 0) is 13.0 Å². The van der Waals surface area contributed by atoms with Gasteiger partial charge in [0.25, 0.3) is 5.56 Å². The standard InChI is InChI=1S/C15H14N2O3/c1-2-7-20-11-3-4-12-10(8-11)5-6-17-13(12)9-14(18)16-15(17)19/h2-4,8-9H,1,5-7H2,(H,16,18,19). The molecule has 2 aromatic rings. The number of H-pyrrole nitrogens is 1. The zero-order valence-corrected chi connectivity index (χ0v) is 10.9. The molecule has 1 N–H and O–H groups in total. The van der Waals surface area contributed by atoms with Crippen molar-refractivity contribution in [1.29, 1.82) is 0 Å². The van der Waals surface area contributed by atoms with Crippen LogP contribution in [0.2, 0.25) is 0 Å². The largest absolute Gasteiger partial charge is 0.490 e. The van der Waals surface area contributed by atoms with Crippen molar-refractivity contribution >= 4 is 0 Å². The van der Waals surface area contributed by atoms with Crippen LogP contribution in [0.25, 0.3) is 11.3 Å². The lowest BCUT2D eigenvalue weighted by molar-refractivity contribution is 0.362. The molecular weight excluding hydrogens is 256 g/mol. The van der Waals surface area contributed by atoms with Gasteiger partial charge in [0.15, 0.2) is 0 Å². The Morgan fingerprint density at radius 2 is 2.20 bits per heavy atom. The number of rotatable bonds is 3. The van der Waals surface area contributed by atoms with Crippen LogP contribution in [0, 0.1) is 0 Å². The molecule has 1 aromatic carbocycles. The molecule has 0 fully saturated rings. The fourth-order valence-electron chi connectivity index (χ4n) is 2.47. The monoisotopic (exact) mass is 270 g/mol. The van der Waals surface area contributed by atoms with Crippen molar-refractivity contribution in [3.63, 3.8) is 0 Å². The number of fused-ring (bicyclic) bond motifs is 3. The predicted octanol–water partition coefficient (Wildman–Crippen LogP) is 1.32. The lowest BCUT2D eigenvalue weighted by Crippen LogP contribution is -2.33. The normalized spacial score (nSPS) is 12.4. The molecule has 0 amide bonds. The number of benzene rings is 1. The van der Waals surface area contributed by atoms with Gasteiger partial charge in [-0.3, -0.25) is 14.3 Å². The summed E-state index contributed by atoms with van der Waals surface area (Å²) < 4.78 is 7.09. The van der Waals surface area contributed by atoms with E-state index >= 15 is 0 Å². The van der Waals surface area contributed by atoms with Crippen LogP contribution in [0.4, 0.5) is 0 Å². The molecule has 0 saturated carbocycles. The molecule has 1 aliphatic rings. The van der Waals surface area contributed by atoms with Gasteiger partial charge >= 0.3 is 5.69 Å². The van der Waals surface area contributed by atoms with Crippen LogP contribution in [-0.4, -0.2) is 16.2 Å². The van der Waals surface area contributed by atoms with Crippen LogP contribution in [0.15, 0.2) is 46.5 Å². The Hall–Kier alpha value is -2.56. The SMILES string of the molecule is C=CCOc1ccc2c(c1)CCn1c-2cc(=O)[nH]c1=O. The minimum Gasteiger partial charge on any atom is -0.490 e. The molecule has 1 aliphatic heterocycles. The number of hydrogen-bond acceptors (Lipinski definition) is 3. The summed E-state index contributed by atoms with van der Waals surface area (Å²) in [5, 5.41) is 0. The maximum Gasteiger partial charge on any atom is 0.328 e. The van der Waals surface area contributed by atoms with Gasteiger partial charge in [0.2, 0.25) is 0 Å². The van der Waals surface area contributed by atoms with Crippen LogP contribution in [0.3, 0.4) is 0 Å². The molecule has 3 rings (SSSR count). The molecule has 0 saturated heterocycles. The smallest absolute Gasteiger partial charge is 0.328 e. The van der Waals surface area contributed by atoms with Gasteiger partial charge in [-0.15, -0.1) is 0 Å². The van der Waals surface area contributed by atoms with Gasteiger partial charge in [-0.2, -0.15) is 0 Å². The summed E-state index contributed by atoms with van der Waals surface area (Å²) in [5.74, 6) is 0.768. The van der Waals surface area contributed by atoms with Crippen molar-refractivity contribution in [2.75, 3.05) is 6.61 Å². The molecule has 0 spiro atoms. The molecular formula is C15H14N2O3. The zero-order chi connectivity index (χ0) is 14.1. The fourth-order valence-corrected chi connectivity index (χ4v) is 2.47. The first kappa shape index (κ1) is 12.5. The van der Waals surface area contributed by atoms with E-state index in [1.54, 1.807) is 10.6 Å². The lowest BCUT2D eigenvalue weighted by atomic mass is 9.97. The van der Waals surface area contributed by atoms with Gasteiger partial charge in [0.1, 0.15) is 12.4 Å². The third-order valence-corrected chi connectivity index (χ3v) is 3.36. The first-order chi connectivity index (χ1) is 9.69. The topological polar surface area (TPSA) is 64.1 Å². The van der Waals surface area contributed by atoms with Crippen LogP contribution < -0.4 is 16.0 Å². The predicted molar refractivity (Wildman–Crippen MR) is 76.2 cm³/mol. The number of aromatic amines is 1. The van der Waals surface area contributed by atoms with Crippen molar-refractivity contribution in [2.24, 2.45) is 0 Å². The Balaban J connectivity index is 2.11. The summed E-state index contributed by atoms with van der Waals surface area (Å²) in [6, 6.07) is 7.14. The molecule has 1 aromatic heterocycles. The molecule has 5 heteroatoms. The summed E-state index contributed by atoms with van der Waals surface area (Å²) in [7, 11) is 0. The summed E-state index contributed by atoms with van der Waals surface area (Å²) in [4.78, 5) is 25.5. The first-order valence-corrected chi connectivity index (χ1v) is 6.40. The van der Waals surface area contributed by atoms with E-state index in [1.807, 2.05) is 18.2 Å². The molecule has 0 bridgehead atoms. The molecule has 5 nitrogen and oxygen atoms in total. The van der Waals surface area contributed by atoms with Crippen molar-refractivity contribution in [1.82, 2.24) is 9.55 Å². The molecule has 0 unspecified atom stereocenters. The van der Waals surface area contributed by atoms with Gasteiger partial charge in [0.05, 0.1) is 5.69 Å². The summed E-state index contributed by atoms with van der Waals surface area (Å²) >= 11 is 0. The molecule has 0 atom stereocenters. The summed E-state index contributed by atoms with van der Waals surface area (Å²) in [6.45, 7) is 4.62. The van der Waals surface area contributed by atoms with E-state index in [2.05, 4.69) is 11.6 Å². The third kappa shape index (κ3) is 2.07. The number of aryl methyl sites for hydroxylation is 1. The number of nitrogens with one attached hydrogen (secondary N) is 1. The highest BCUT2D eigenvalue weighted by Crippen LogP contribution is 2.30. The molecule has 20 heavy (non-hydrogen) atoms. The molecule has 0 radical (unpaired) electrons. The average molecular weight is 270 g/mol. The Morgan fingerprint density at radius 3 is 3.00 bits per heavy atom. The van der Waals surface area contributed by atoms with Gasteiger partial charge in [-0.1, -0.05) is 12.7 Å². The highest BCUT2D eigenvalue weighted by atomic mass is 16.5. The Labute approximate surface area is 115 Å². The number of nitrogens with zero attached hydrogens (tertiary/aromatic N) is 1. The number of aromatic nitrogens is 2. The van der Waals surface area contributed by atoms with E-state index in [-0.39, 0.29) is 11.2 Å². The second-order valence-corrected chi connectivity index (χ2v) is 4.64. The van der Waals surface area contributed by atoms with Crippen LogP contribution >= 0.6 is 0 Å².